The number of nitrogens with one attached hydrogen (secondary N) is 2. The molecule has 1 aliphatic heterocycles. The Morgan fingerprint density at radius 3 is 2.46 bits per heavy atom. The third-order valence-electron chi connectivity index (χ3n) is 4.92. The summed E-state index contributed by atoms with van der Waals surface area (Å²) < 4.78 is 0. The maximum Gasteiger partial charge on any atom is 0.251 e. The van der Waals surface area contributed by atoms with E-state index in [1.165, 1.54) is 0 Å². The van der Waals surface area contributed by atoms with Crippen molar-refractivity contribution in [1.29, 1.82) is 0 Å². The van der Waals surface area contributed by atoms with Crippen molar-refractivity contribution in [3.63, 3.8) is 0 Å². The van der Waals surface area contributed by atoms with Crippen LogP contribution in [0.2, 0.25) is 0 Å². The number of amides is 2. The second-order valence-electron chi connectivity index (χ2n) is 7.20. The minimum Gasteiger partial charge on any atom is -0.345 e. The number of carbonyl (C=O) groups is 2. The number of aryl methyl sites for hydroxylation is 1. The first-order valence-corrected chi connectivity index (χ1v) is 9.46. The first-order chi connectivity index (χ1) is 13.0. The van der Waals surface area contributed by atoms with E-state index in [1.54, 1.807) is 0 Å². The topological polar surface area (TPSA) is 61.4 Å². The zero-order valence-electron chi connectivity index (χ0n) is 16.4. The minimum atomic E-state index is -0.349. The van der Waals surface area contributed by atoms with Crippen LogP contribution in [0.25, 0.3) is 0 Å². The maximum absolute atomic E-state index is 12.8. The second-order valence-corrected chi connectivity index (χ2v) is 7.20. The molecule has 2 aromatic carbocycles. The Morgan fingerprint density at radius 2 is 1.82 bits per heavy atom. The predicted molar refractivity (Wildman–Crippen MR) is 114 cm³/mol. The lowest BCUT2D eigenvalue weighted by molar-refractivity contribution is -0.132. The molecule has 1 fully saturated rings. The number of rotatable bonds is 5. The molecule has 28 heavy (non-hydrogen) atoms. The third-order valence-corrected chi connectivity index (χ3v) is 4.92. The van der Waals surface area contributed by atoms with E-state index in [0.717, 1.165) is 17.7 Å². The van der Waals surface area contributed by atoms with Crippen molar-refractivity contribution < 1.29 is 9.59 Å². The van der Waals surface area contributed by atoms with Crippen LogP contribution >= 0.6 is 12.4 Å². The predicted octanol–water partition coefficient (Wildman–Crippen LogP) is 3.10. The van der Waals surface area contributed by atoms with Gasteiger partial charge in [-0.1, -0.05) is 48.0 Å². The maximum atomic E-state index is 12.8. The molecule has 2 amide bonds. The zero-order chi connectivity index (χ0) is 19.2. The van der Waals surface area contributed by atoms with Gasteiger partial charge in [0.25, 0.3) is 5.91 Å². The number of nitrogens with zero attached hydrogens (tertiary/aromatic N) is 1. The second kappa shape index (κ2) is 10.2. The first-order valence-electron chi connectivity index (χ1n) is 9.46. The lowest BCUT2D eigenvalue weighted by atomic mass is 10.0. The Labute approximate surface area is 172 Å². The largest absolute Gasteiger partial charge is 0.345 e. The quantitative estimate of drug-likeness (QED) is 0.809. The van der Waals surface area contributed by atoms with E-state index in [9.17, 15) is 9.59 Å². The van der Waals surface area contributed by atoms with Crippen LogP contribution in [-0.2, 0) is 4.79 Å². The van der Waals surface area contributed by atoms with Crippen LogP contribution in [0.5, 0.6) is 0 Å². The van der Waals surface area contributed by atoms with Gasteiger partial charge in [-0.05, 0) is 31.5 Å². The summed E-state index contributed by atoms with van der Waals surface area (Å²) in [6, 6.07) is 17.1. The standard InChI is InChI=1S/C22H27N3O2.ClH/c1-16-8-10-19(11-9-16)22(27)24-20(18-6-4-3-5-7-18)14-21(26)25-13-12-23-17(2)15-25;/h3-11,17,20,23H,12-15H2,1-2H3,(H,24,27);1H. The van der Waals surface area contributed by atoms with Gasteiger partial charge in [0, 0.05) is 31.2 Å². The number of hydrogen-bond acceptors (Lipinski definition) is 3. The van der Waals surface area contributed by atoms with Gasteiger partial charge in [-0.2, -0.15) is 0 Å². The highest BCUT2D eigenvalue weighted by Gasteiger charge is 2.25. The average molecular weight is 402 g/mol. The van der Waals surface area contributed by atoms with Gasteiger partial charge in [-0.15, -0.1) is 12.4 Å². The fourth-order valence-corrected chi connectivity index (χ4v) is 3.35. The number of piperazine rings is 1. The van der Waals surface area contributed by atoms with Crippen LogP contribution in [0.1, 0.15) is 40.9 Å². The summed E-state index contributed by atoms with van der Waals surface area (Å²) in [6.45, 7) is 6.27. The van der Waals surface area contributed by atoms with Crippen molar-refractivity contribution in [2.45, 2.75) is 32.4 Å². The highest BCUT2D eigenvalue weighted by Crippen LogP contribution is 2.19. The van der Waals surface area contributed by atoms with Crippen LogP contribution in [0, 0.1) is 6.92 Å². The van der Waals surface area contributed by atoms with Crippen LogP contribution in [0.15, 0.2) is 54.6 Å². The van der Waals surface area contributed by atoms with Gasteiger partial charge in [-0.3, -0.25) is 9.59 Å². The van der Waals surface area contributed by atoms with E-state index in [1.807, 2.05) is 66.4 Å². The molecule has 0 bridgehead atoms. The number of halogens is 1. The molecule has 2 atom stereocenters. The SMILES string of the molecule is Cc1ccc(C(=O)NC(CC(=O)N2CCNC(C)C2)c2ccccc2)cc1.Cl. The summed E-state index contributed by atoms with van der Waals surface area (Å²) in [4.78, 5) is 27.4. The van der Waals surface area contributed by atoms with Crippen molar-refractivity contribution in [1.82, 2.24) is 15.5 Å². The molecule has 0 aromatic heterocycles. The van der Waals surface area contributed by atoms with Gasteiger partial charge in [0.05, 0.1) is 12.5 Å². The Kier molecular flexibility index (Phi) is 8.03. The number of hydrogen-bond donors (Lipinski definition) is 2. The molecule has 1 aliphatic rings. The summed E-state index contributed by atoms with van der Waals surface area (Å²) in [5.41, 5.74) is 2.65. The monoisotopic (exact) mass is 401 g/mol. The van der Waals surface area contributed by atoms with Gasteiger partial charge in [0.1, 0.15) is 0 Å². The van der Waals surface area contributed by atoms with Gasteiger partial charge >= 0.3 is 0 Å². The molecule has 0 aliphatic carbocycles. The summed E-state index contributed by atoms with van der Waals surface area (Å²) in [5.74, 6) is -0.0910. The molecule has 2 unspecified atom stereocenters. The lowest BCUT2D eigenvalue weighted by Crippen LogP contribution is -2.51. The van der Waals surface area contributed by atoms with E-state index in [4.69, 9.17) is 0 Å². The average Bonchev–Trinajstić information content (AvgIpc) is 2.68. The Morgan fingerprint density at radius 1 is 1.14 bits per heavy atom. The lowest BCUT2D eigenvalue weighted by Gasteiger charge is -2.33. The fraction of sp³-hybridized carbons (Fsp3) is 0.364. The molecule has 5 nitrogen and oxygen atoms in total. The molecular weight excluding hydrogens is 374 g/mol. The molecule has 2 N–H and O–H groups in total. The summed E-state index contributed by atoms with van der Waals surface area (Å²) in [6.07, 6.45) is 0.258. The van der Waals surface area contributed by atoms with E-state index < -0.39 is 0 Å². The van der Waals surface area contributed by atoms with Crippen molar-refractivity contribution >= 4 is 24.2 Å². The molecule has 0 radical (unpaired) electrons. The Balaban J connectivity index is 0.00000280. The smallest absolute Gasteiger partial charge is 0.251 e. The van der Waals surface area contributed by atoms with Gasteiger partial charge in [0.2, 0.25) is 5.91 Å². The van der Waals surface area contributed by atoms with Gasteiger partial charge in [0.15, 0.2) is 0 Å². The molecule has 0 spiro atoms. The fourth-order valence-electron chi connectivity index (χ4n) is 3.35. The summed E-state index contributed by atoms with van der Waals surface area (Å²) in [5, 5.41) is 6.39. The van der Waals surface area contributed by atoms with E-state index in [-0.39, 0.29) is 36.7 Å². The van der Waals surface area contributed by atoms with Gasteiger partial charge < -0.3 is 15.5 Å². The third kappa shape index (κ3) is 5.81. The molecule has 1 saturated heterocycles. The minimum absolute atomic E-state index is 0. The van der Waals surface area contributed by atoms with Crippen molar-refractivity contribution in [2.75, 3.05) is 19.6 Å². The van der Waals surface area contributed by atoms with Crippen LogP contribution in [-0.4, -0.2) is 42.4 Å². The van der Waals surface area contributed by atoms with E-state index >= 15 is 0 Å². The van der Waals surface area contributed by atoms with Crippen LogP contribution in [0.4, 0.5) is 0 Å². The molecule has 6 heteroatoms. The summed E-state index contributed by atoms with van der Waals surface area (Å²) in [7, 11) is 0. The van der Waals surface area contributed by atoms with Crippen LogP contribution < -0.4 is 10.6 Å². The van der Waals surface area contributed by atoms with Gasteiger partial charge in [-0.25, -0.2) is 0 Å². The Bertz CT molecular complexity index is 780. The molecule has 2 aromatic rings. The highest BCUT2D eigenvalue weighted by molar-refractivity contribution is 5.94. The van der Waals surface area contributed by atoms with E-state index in [0.29, 0.717) is 24.7 Å². The van der Waals surface area contributed by atoms with Crippen molar-refractivity contribution in [3.8, 4) is 0 Å². The molecule has 3 rings (SSSR count). The number of carbonyl (C=O) groups excluding carboxylic acids is 2. The Hall–Kier alpha value is -2.37. The normalized spacial score (nSPS) is 17.4. The molecule has 1 heterocycles. The molecule has 150 valence electrons. The van der Waals surface area contributed by atoms with E-state index in [2.05, 4.69) is 17.6 Å². The number of benzene rings is 2. The highest BCUT2D eigenvalue weighted by atomic mass is 35.5. The summed E-state index contributed by atoms with van der Waals surface area (Å²) >= 11 is 0. The first kappa shape index (κ1) is 21.9. The van der Waals surface area contributed by atoms with Crippen LogP contribution in [0.3, 0.4) is 0 Å². The zero-order valence-corrected chi connectivity index (χ0v) is 17.2. The molecule has 0 saturated carbocycles. The molecular formula is C22H28ClN3O2. The van der Waals surface area contributed by atoms with Crippen molar-refractivity contribution in [3.05, 3.63) is 71.3 Å². The van der Waals surface area contributed by atoms with Crippen molar-refractivity contribution in [2.24, 2.45) is 0 Å².